The van der Waals surface area contributed by atoms with Crippen LogP contribution in [-0.4, -0.2) is 15.0 Å². The molecule has 0 fully saturated rings. The molecule has 3 heterocycles. The summed E-state index contributed by atoms with van der Waals surface area (Å²) in [5, 5.41) is 4.17. The molecule has 0 aliphatic rings. The van der Waals surface area contributed by atoms with Crippen LogP contribution in [0, 0.1) is 0 Å². The molecule has 0 aliphatic heterocycles. The van der Waals surface area contributed by atoms with Crippen LogP contribution in [0.1, 0.15) is 0 Å². The lowest BCUT2D eigenvalue weighted by atomic mass is 9.95. The number of aromatic nitrogens is 3. The van der Waals surface area contributed by atoms with Crippen molar-refractivity contribution in [2.75, 3.05) is 0 Å². The maximum Gasteiger partial charge on any atom is 0.167 e. The molecule has 56 heavy (non-hydrogen) atoms. The van der Waals surface area contributed by atoms with Crippen molar-refractivity contribution < 1.29 is 8.83 Å². The van der Waals surface area contributed by atoms with Crippen molar-refractivity contribution in [3.05, 3.63) is 188 Å². The third-order valence-electron chi connectivity index (χ3n) is 10.5. The van der Waals surface area contributed by atoms with Gasteiger partial charge in [-0.15, -0.1) is 0 Å². The van der Waals surface area contributed by atoms with Gasteiger partial charge in [0.1, 0.15) is 22.3 Å². The first-order chi connectivity index (χ1) is 27.7. The minimum absolute atomic E-state index is 0.545. The number of hydrogen-bond donors (Lipinski definition) is 0. The second kappa shape index (κ2) is 13.0. The van der Waals surface area contributed by atoms with Gasteiger partial charge < -0.3 is 8.83 Å². The van der Waals surface area contributed by atoms with E-state index in [2.05, 4.69) is 127 Å². The monoisotopic (exact) mass is 717 g/mol. The Morgan fingerprint density at radius 2 is 0.804 bits per heavy atom. The summed E-state index contributed by atoms with van der Waals surface area (Å²) in [6.45, 7) is 0. The second-order valence-electron chi connectivity index (χ2n) is 14.0. The van der Waals surface area contributed by atoms with Crippen LogP contribution >= 0.6 is 0 Å². The van der Waals surface area contributed by atoms with Crippen LogP contribution in [0.5, 0.6) is 0 Å². The van der Waals surface area contributed by atoms with Gasteiger partial charge in [0.05, 0.1) is 5.56 Å². The summed E-state index contributed by atoms with van der Waals surface area (Å²) in [5.74, 6) is 1.73. The fraction of sp³-hybridized carbons (Fsp3) is 0. The highest BCUT2D eigenvalue weighted by molar-refractivity contribution is 6.14. The molecule has 8 aromatic carbocycles. The Morgan fingerprint density at radius 3 is 1.57 bits per heavy atom. The maximum absolute atomic E-state index is 6.70. The zero-order valence-corrected chi connectivity index (χ0v) is 30.1. The molecule has 0 amide bonds. The highest BCUT2D eigenvalue weighted by Crippen LogP contribution is 2.42. The predicted molar refractivity (Wildman–Crippen MR) is 227 cm³/mol. The topological polar surface area (TPSA) is 65.0 Å². The van der Waals surface area contributed by atoms with Gasteiger partial charge in [0.15, 0.2) is 17.5 Å². The van der Waals surface area contributed by atoms with Gasteiger partial charge in [-0.25, -0.2) is 15.0 Å². The van der Waals surface area contributed by atoms with Gasteiger partial charge in [-0.1, -0.05) is 146 Å². The highest BCUT2D eigenvalue weighted by atomic mass is 16.3. The van der Waals surface area contributed by atoms with E-state index in [0.29, 0.717) is 17.5 Å². The molecule has 0 spiro atoms. The molecular formula is C51H31N3O2. The molecule has 5 heteroatoms. The molecule has 11 rings (SSSR count). The smallest absolute Gasteiger partial charge is 0.167 e. The number of furan rings is 2. The van der Waals surface area contributed by atoms with Crippen molar-refractivity contribution in [3.8, 4) is 67.5 Å². The lowest BCUT2D eigenvalue weighted by Gasteiger charge is -2.10. The number of nitrogens with zero attached hydrogens (tertiary/aromatic N) is 3. The second-order valence-corrected chi connectivity index (χ2v) is 14.0. The highest BCUT2D eigenvalue weighted by Gasteiger charge is 2.20. The third-order valence-corrected chi connectivity index (χ3v) is 10.5. The third kappa shape index (κ3) is 5.45. The van der Waals surface area contributed by atoms with Crippen LogP contribution in [0.15, 0.2) is 197 Å². The first-order valence-electron chi connectivity index (χ1n) is 18.7. The van der Waals surface area contributed by atoms with Crippen LogP contribution in [0.2, 0.25) is 0 Å². The molecule has 0 atom stereocenters. The lowest BCUT2D eigenvalue weighted by Crippen LogP contribution is -2.00. The van der Waals surface area contributed by atoms with Crippen LogP contribution in [0.3, 0.4) is 0 Å². The average Bonchev–Trinajstić information content (AvgIpc) is 3.85. The van der Waals surface area contributed by atoms with E-state index < -0.39 is 0 Å². The minimum atomic E-state index is 0.545. The molecule has 11 aromatic rings. The molecule has 0 N–H and O–H groups in total. The summed E-state index contributed by atoms with van der Waals surface area (Å²) in [4.78, 5) is 15.2. The van der Waals surface area contributed by atoms with E-state index in [0.717, 1.165) is 93.9 Å². The molecule has 0 unspecified atom stereocenters. The Bertz CT molecular complexity index is 3240. The Kier molecular flexibility index (Phi) is 7.42. The minimum Gasteiger partial charge on any atom is -0.455 e. The van der Waals surface area contributed by atoms with E-state index in [4.69, 9.17) is 23.8 Å². The summed E-state index contributed by atoms with van der Waals surface area (Å²) in [7, 11) is 0. The van der Waals surface area contributed by atoms with Crippen LogP contribution in [0.25, 0.3) is 111 Å². The Morgan fingerprint density at radius 1 is 0.268 bits per heavy atom. The zero-order valence-electron chi connectivity index (χ0n) is 30.1. The van der Waals surface area contributed by atoms with Gasteiger partial charge in [-0.2, -0.15) is 0 Å². The van der Waals surface area contributed by atoms with Crippen molar-refractivity contribution >= 4 is 43.9 Å². The van der Waals surface area contributed by atoms with Crippen LogP contribution in [-0.2, 0) is 0 Å². The number of rotatable bonds is 6. The van der Waals surface area contributed by atoms with E-state index in [1.165, 1.54) is 0 Å². The van der Waals surface area contributed by atoms with Gasteiger partial charge in [0.2, 0.25) is 0 Å². The van der Waals surface area contributed by atoms with E-state index in [-0.39, 0.29) is 0 Å². The first kappa shape index (κ1) is 31.9. The van der Waals surface area contributed by atoms with Crippen LogP contribution in [0.4, 0.5) is 0 Å². The zero-order chi connectivity index (χ0) is 37.0. The SMILES string of the molecule is c1ccc(-c2cccc(-c3nc(-c4ccccc4)nc(-c4cccc5c4oc4ccc(-c6cc(-c7ccccc7)cc7c6oc6ccccc67)cc45)n3)c2)cc1. The lowest BCUT2D eigenvalue weighted by molar-refractivity contribution is 0.668. The summed E-state index contributed by atoms with van der Waals surface area (Å²) < 4.78 is 13.3. The molecular weight excluding hydrogens is 687 g/mol. The largest absolute Gasteiger partial charge is 0.455 e. The van der Waals surface area contributed by atoms with Crippen LogP contribution < -0.4 is 0 Å². The van der Waals surface area contributed by atoms with Crippen molar-refractivity contribution in [2.24, 2.45) is 0 Å². The van der Waals surface area contributed by atoms with Crippen molar-refractivity contribution in [3.63, 3.8) is 0 Å². The van der Waals surface area contributed by atoms with E-state index in [1.54, 1.807) is 0 Å². The normalized spacial score (nSPS) is 11.6. The van der Waals surface area contributed by atoms with Gasteiger partial charge >= 0.3 is 0 Å². The van der Waals surface area contributed by atoms with E-state index in [1.807, 2.05) is 60.7 Å². The van der Waals surface area contributed by atoms with Gasteiger partial charge in [-0.05, 0) is 70.3 Å². The summed E-state index contributed by atoms with van der Waals surface area (Å²) in [6.07, 6.45) is 0. The van der Waals surface area contributed by atoms with Crippen molar-refractivity contribution in [1.29, 1.82) is 0 Å². The molecule has 0 radical (unpaired) electrons. The molecule has 3 aromatic heterocycles. The summed E-state index contributed by atoms with van der Waals surface area (Å²) >= 11 is 0. The fourth-order valence-corrected chi connectivity index (χ4v) is 7.79. The quantitative estimate of drug-likeness (QED) is 0.171. The van der Waals surface area contributed by atoms with Gasteiger partial charge in [-0.3, -0.25) is 0 Å². The molecule has 0 saturated carbocycles. The predicted octanol–water partition coefficient (Wildman–Crippen LogP) is 13.7. The van der Waals surface area contributed by atoms with Crippen molar-refractivity contribution in [1.82, 2.24) is 15.0 Å². The molecule has 0 bridgehead atoms. The van der Waals surface area contributed by atoms with E-state index >= 15 is 0 Å². The molecule has 5 nitrogen and oxygen atoms in total. The Hall–Kier alpha value is -7.63. The van der Waals surface area contributed by atoms with E-state index in [9.17, 15) is 0 Å². The number of hydrogen-bond acceptors (Lipinski definition) is 5. The fourth-order valence-electron chi connectivity index (χ4n) is 7.79. The first-order valence-corrected chi connectivity index (χ1v) is 18.7. The standard InChI is InChI=1S/C51H31N3O2/c1-4-14-32(15-5-1)35-20-12-21-37(28-35)50-52-49(34-18-8-3-9-19-34)53-51(54-50)41-24-13-23-40-43-29-36(26-27-46(43)56-47(40)41)42-30-38(33-16-6-2-7-17-33)31-44-39-22-10-11-25-45(39)55-48(42)44/h1-31H. The summed E-state index contributed by atoms with van der Waals surface area (Å²) in [6, 6.07) is 64.5. The van der Waals surface area contributed by atoms with Gasteiger partial charge in [0.25, 0.3) is 0 Å². The number of benzene rings is 8. The molecule has 0 aliphatic carbocycles. The Balaban J connectivity index is 1.09. The Labute approximate surface area is 322 Å². The van der Waals surface area contributed by atoms with Crippen molar-refractivity contribution in [2.45, 2.75) is 0 Å². The van der Waals surface area contributed by atoms with Gasteiger partial charge in [0, 0.05) is 38.2 Å². The summed E-state index contributed by atoms with van der Waals surface area (Å²) in [5.41, 5.74) is 12.4. The average molecular weight is 718 g/mol. The molecule has 0 saturated heterocycles. The number of fused-ring (bicyclic) bond motifs is 6. The number of para-hydroxylation sites is 2. The maximum atomic E-state index is 6.70. The molecule has 262 valence electrons.